The van der Waals surface area contributed by atoms with Crippen molar-refractivity contribution in [2.45, 2.75) is 51.7 Å². The summed E-state index contributed by atoms with van der Waals surface area (Å²) in [6, 6.07) is 8.16. The number of aromatic nitrogens is 2. The number of rotatable bonds is 6. The molecule has 23 heavy (non-hydrogen) atoms. The standard InChI is InChI=1S/C18H25N3O2/c1-14-20-16-8-2-3-9-17(16)21(14)11-6-10-19-18(22)13-15-7-4-5-12-23-15/h2-3,8-9,15H,4-7,10-13H2,1H3,(H,19,22). The normalized spacial score (nSPS) is 18.2. The molecule has 2 aromatic rings. The molecule has 1 aliphatic rings. The first-order valence-electron chi connectivity index (χ1n) is 8.54. The second-order valence-corrected chi connectivity index (χ2v) is 6.20. The predicted molar refractivity (Wildman–Crippen MR) is 90.3 cm³/mol. The first-order chi connectivity index (χ1) is 11.2. The van der Waals surface area contributed by atoms with Crippen LogP contribution in [0.3, 0.4) is 0 Å². The van der Waals surface area contributed by atoms with Gasteiger partial charge in [-0.3, -0.25) is 4.79 Å². The van der Waals surface area contributed by atoms with Crippen LogP contribution in [0.25, 0.3) is 11.0 Å². The van der Waals surface area contributed by atoms with E-state index in [9.17, 15) is 4.79 Å². The van der Waals surface area contributed by atoms with Crippen LogP contribution < -0.4 is 5.32 Å². The molecule has 5 nitrogen and oxygen atoms in total. The Labute approximate surface area is 137 Å². The molecule has 1 atom stereocenters. The second-order valence-electron chi connectivity index (χ2n) is 6.20. The van der Waals surface area contributed by atoms with Crippen molar-refractivity contribution in [2.24, 2.45) is 0 Å². The lowest BCUT2D eigenvalue weighted by atomic mass is 10.1. The maximum absolute atomic E-state index is 11.9. The molecule has 1 aromatic carbocycles. The van der Waals surface area contributed by atoms with Crippen molar-refractivity contribution in [1.29, 1.82) is 0 Å². The van der Waals surface area contributed by atoms with E-state index in [4.69, 9.17) is 4.74 Å². The van der Waals surface area contributed by atoms with Crippen molar-refractivity contribution in [3.05, 3.63) is 30.1 Å². The molecule has 0 saturated carbocycles. The average Bonchev–Trinajstić information content (AvgIpc) is 2.88. The van der Waals surface area contributed by atoms with Crippen molar-refractivity contribution in [3.63, 3.8) is 0 Å². The summed E-state index contributed by atoms with van der Waals surface area (Å²) in [6.45, 7) is 4.38. The monoisotopic (exact) mass is 315 g/mol. The quantitative estimate of drug-likeness (QED) is 0.834. The minimum Gasteiger partial charge on any atom is -0.378 e. The average molecular weight is 315 g/mol. The van der Waals surface area contributed by atoms with Crippen LogP contribution in [0.2, 0.25) is 0 Å². The summed E-state index contributed by atoms with van der Waals surface area (Å²) < 4.78 is 7.82. The van der Waals surface area contributed by atoms with Gasteiger partial charge in [0.05, 0.1) is 23.6 Å². The maximum Gasteiger partial charge on any atom is 0.222 e. The molecule has 1 amide bonds. The van der Waals surface area contributed by atoms with Crippen molar-refractivity contribution < 1.29 is 9.53 Å². The molecule has 1 unspecified atom stereocenters. The molecule has 1 aromatic heterocycles. The number of benzene rings is 1. The third-order valence-electron chi connectivity index (χ3n) is 4.41. The second kappa shape index (κ2) is 7.59. The van der Waals surface area contributed by atoms with Gasteiger partial charge in [0.15, 0.2) is 0 Å². The summed E-state index contributed by atoms with van der Waals surface area (Å²) in [5.41, 5.74) is 2.19. The molecule has 0 aliphatic carbocycles. The molecule has 2 heterocycles. The lowest BCUT2D eigenvalue weighted by Crippen LogP contribution is -2.31. The van der Waals surface area contributed by atoms with E-state index < -0.39 is 0 Å². The van der Waals surface area contributed by atoms with Gasteiger partial charge in [0.2, 0.25) is 5.91 Å². The summed E-state index contributed by atoms with van der Waals surface area (Å²) >= 11 is 0. The SMILES string of the molecule is Cc1nc2ccccc2n1CCCNC(=O)CC1CCCCO1. The molecule has 1 saturated heterocycles. The maximum atomic E-state index is 11.9. The number of nitrogens with zero attached hydrogens (tertiary/aromatic N) is 2. The summed E-state index contributed by atoms with van der Waals surface area (Å²) in [5.74, 6) is 1.12. The van der Waals surface area contributed by atoms with Crippen LogP contribution >= 0.6 is 0 Å². The highest BCUT2D eigenvalue weighted by Gasteiger charge is 2.17. The van der Waals surface area contributed by atoms with Gasteiger partial charge < -0.3 is 14.6 Å². The first kappa shape index (κ1) is 16.0. The van der Waals surface area contributed by atoms with Crippen molar-refractivity contribution >= 4 is 16.9 Å². The number of ether oxygens (including phenoxy) is 1. The lowest BCUT2D eigenvalue weighted by Gasteiger charge is -2.21. The highest BCUT2D eigenvalue weighted by atomic mass is 16.5. The van der Waals surface area contributed by atoms with Gasteiger partial charge in [-0.05, 0) is 44.7 Å². The van der Waals surface area contributed by atoms with Crippen molar-refractivity contribution in [1.82, 2.24) is 14.9 Å². The Bertz CT molecular complexity index is 659. The number of fused-ring (bicyclic) bond motifs is 1. The molecular weight excluding hydrogens is 290 g/mol. The Balaban J connectivity index is 1.44. The number of hydrogen-bond donors (Lipinski definition) is 1. The number of para-hydroxylation sites is 2. The summed E-state index contributed by atoms with van der Waals surface area (Å²) in [6.07, 6.45) is 4.81. The van der Waals surface area contributed by atoms with Crippen LogP contribution in [-0.2, 0) is 16.1 Å². The zero-order valence-electron chi connectivity index (χ0n) is 13.8. The van der Waals surface area contributed by atoms with Crippen LogP contribution in [-0.4, -0.2) is 34.7 Å². The predicted octanol–water partition coefficient (Wildman–Crippen LogP) is 2.81. The molecule has 0 spiro atoms. The van der Waals surface area contributed by atoms with Gasteiger partial charge in [0, 0.05) is 19.7 Å². The minimum atomic E-state index is 0.101. The molecule has 3 rings (SSSR count). The van der Waals surface area contributed by atoms with Gasteiger partial charge in [0.1, 0.15) is 5.82 Å². The van der Waals surface area contributed by atoms with E-state index in [-0.39, 0.29) is 12.0 Å². The minimum absolute atomic E-state index is 0.101. The molecule has 0 bridgehead atoms. The van der Waals surface area contributed by atoms with Gasteiger partial charge in [0.25, 0.3) is 0 Å². The molecule has 124 valence electrons. The Morgan fingerprint density at radius 1 is 1.39 bits per heavy atom. The number of carbonyl (C=O) groups is 1. The fraction of sp³-hybridized carbons (Fsp3) is 0.556. The largest absolute Gasteiger partial charge is 0.378 e. The highest BCUT2D eigenvalue weighted by molar-refractivity contribution is 5.76. The Hall–Kier alpha value is -1.88. The smallest absolute Gasteiger partial charge is 0.222 e. The third-order valence-corrected chi connectivity index (χ3v) is 4.41. The fourth-order valence-corrected chi connectivity index (χ4v) is 3.19. The van der Waals surface area contributed by atoms with Crippen molar-refractivity contribution in [3.8, 4) is 0 Å². The van der Waals surface area contributed by atoms with Gasteiger partial charge in [-0.1, -0.05) is 12.1 Å². The number of carbonyl (C=O) groups excluding carboxylic acids is 1. The number of amides is 1. The van der Waals surface area contributed by atoms with E-state index >= 15 is 0 Å². The van der Waals surface area contributed by atoms with E-state index in [0.29, 0.717) is 13.0 Å². The Kier molecular flexibility index (Phi) is 5.28. The van der Waals surface area contributed by atoms with E-state index in [2.05, 4.69) is 20.9 Å². The zero-order valence-corrected chi connectivity index (χ0v) is 13.8. The lowest BCUT2D eigenvalue weighted by molar-refractivity contribution is -0.124. The molecule has 1 N–H and O–H groups in total. The van der Waals surface area contributed by atoms with Crippen LogP contribution in [0.4, 0.5) is 0 Å². The fourth-order valence-electron chi connectivity index (χ4n) is 3.19. The highest BCUT2D eigenvalue weighted by Crippen LogP contribution is 2.16. The van der Waals surface area contributed by atoms with Crippen molar-refractivity contribution in [2.75, 3.05) is 13.2 Å². The number of nitrogens with one attached hydrogen (secondary N) is 1. The van der Waals surface area contributed by atoms with E-state index in [1.807, 2.05) is 25.1 Å². The molecular formula is C18H25N3O2. The van der Waals surface area contributed by atoms with Gasteiger partial charge in [-0.2, -0.15) is 0 Å². The number of hydrogen-bond acceptors (Lipinski definition) is 3. The van der Waals surface area contributed by atoms with Crippen LogP contribution in [0.5, 0.6) is 0 Å². The Morgan fingerprint density at radius 3 is 3.09 bits per heavy atom. The van der Waals surface area contributed by atoms with Gasteiger partial charge >= 0.3 is 0 Å². The number of imidazole rings is 1. The first-order valence-corrected chi connectivity index (χ1v) is 8.54. The van der Waals surface area contributed by atoms with Gasteiger partial charge in [-0.15, -0.1) is 0 Å². The Morgan fingerprint density at radius 2 is 2.26 bits per heavy atom. The topological polar surface area (TPSA) is 56.2 Å². The third kappa shape index (κ3) is 4.10. The molecule has 1 aliphatic heterocycles. The van der Waals surface area contributed by atoms with E-state index in [0.717, 1.165) is 49.3 Å². The van der Waals surface area contributed by atoms with Crippen LogP contribution in [0.15, 0.2) is 24.3 Å². The van der Waals surface area contributed by atoms with Gasteiger partial charge in [-0.25, -0.2) is 4.98 Å². The summed E-state index contributed by atoms with van der Waals surface area (Å²) in [7, 11) is 0. The van der Waals surface area contributed by atoms with Crippen LogP contribution in [0, 0.1) is 6.92 Å². The van der Waals surface area contributed by atoms with E-state index in [1.54, 1.807) is 0 Å². The van der Waals surface area contributed by atoms with E-state index in [1.165, 1.54) is 6.42 Å². The molecule has 0 radical (unpaired) electrons. The van der Waals surface area contributed by atoms with Crippen LogP contribution in [0.1, 0.15) is 37.9 Å². The summed E-state index contributed by atoms with van der Waals surface area (Å²) in [4.78, 5) is 16.5. The molecule has 5 heteroatoms. The molecule has 1 fully saturated rings. The summed E-state index contributed by atoms with van der Waals surface area (Å²) in [5, 5.41) is 3.01. The number of aryl methyl sites for hydroxylation is 2. The zero-order chi connectivity index (χ0) is 16.1.